The van der Waals surface area contributed by atoms with Gasteiger partial charge in [-0.3, -0.25) is 0 Å². The molecule has 1 rings (SSSR count). The minimum Gasteiger partial charge on any atom is -0.497 e. The number of ether oxygens (including phenoxy) is 1. The lowest BCUT2D eigenvalue weighted by atomic mass is 9.77. The zero-order chi connectivity index (χ0) is 12.2. The van der Waals surface area contributed by atoms with E-state index >= 15 is 0 Å². The van der Waals surface area contributed by atoms with Gasteiger partial charge in [-0.05, 0) is 42.0 Å². The molecule has 0 aliphatic rings. The monoisotopic (exact) mass is 221 g/mol. The third-order valence-electron chi connectivity index (χ3n) is 3.15. The number of rotatable bonds is 4. The molecule has 1 aromatic carbocycles. The van der Waals surface area contributed by atoms with Gasteiger partial charge in [0, 0.05) is 0 Å². The molecule has 2 N–H and O–H groups in total. The Bertz CT molecular complexity index is 311. The summed E-state index contributed by atoms with van der Waals surface area (Å²) in [4.78, 5) is 0. The fourth-order valence-corrected chi connectivity index (χ4v) is 1.79. The largest absolute Gasteiger partial charge is 0.497 e. The summed E-state index contributed by atoms with van der Waals surface area (Å²) in [6.45, 7) is 7.46. The fourth-order valence-electron chi connectivity index (χ4n) is 1.79. The average molecular weight is 221 g/mol. The van der Waals surface area contributed by atoms with Gasteiger partial charge in [-0.15, -0.1) is 0 Å². The summed E-state index contributed by atoms with van der Waals surface area (Å²) < 4.78 is 5.14. The van der Waals surface area contributed by atoms with Crippen molar-refractivity contribution in [3.63, 3.8) is 0 Å². The Kier molecular flexibility index (Phi) is 4.36. The van der Waals surface area contributed by atoms with E-state index in [-0.39, 0.29) is 5.41 Å². The molecule has 1 unspecified atom stereocenters. The first kappa shape index (κ1) is 13.0. The number of hydrogen-bond acceptors (Lipinski definition) is 2. The second kappa shape index (κ2) is 5.35. The van der Waals surface area contributed by atoms with Gasteiger partial charge >= 0.3 is 0 Å². The summed E-state index contributed by atoms with van der Waals surface area (Å²) in [5, 5.41) is 0. The van der Waals surface area contributed by atoms with E-state index in [1.54, 1.807) is 7.11 Å². The van der Waals surface area contributed by atoms with E-state index < -0.39 is 0 Å². The molecule has 0 bridgehead atoms. The molecule has 16 heavy (non-hydrogen) atoms. The molecule has 0 saturated carbocycles. The van der Waals surface area contributed by atoms with Gasteiger partial charge < -0.3 is 10.5 Å². The second-order valence-corrected chi connectivity index (χ2v) is 5.35. The van der Waals surface area contributed by atoms with Crippen molar-refractivity contribution in [3.8, 4) is 5.75 Å². The lowest BCUT2D eigenvalue weighted by Gasteiger charge is -2.29. The zero-order valence-corrected chi connectivity index (χ0v) is 10.8. The Morgan fingerprint density at radius 1 is 1.19 bits per heavy atom. The smallest absolute Gasteiger partial charge is 0.118 e. The van der Waals surface area contributed by atoms with Crippen LogP contribution in [0.3, 0.4) is 0 Å². The zero-order valence-electron chi connectivity index (χ0n) is 10.8. The van der Waals surface area contributed by atoms with Crippen LogP contribution in [0.4, 0.5) is 0 Å². The van der Waals surface area contributed by atoms with Crippen LogP contribution in [0.25, 0.3) is 0 Å². The van der Waals surface area contributed by atoms with Crippen LogP contribution in [-0.2, 0) is 6.42 Å². The molecule has 0 aliphatic carbocycles. The van der Waals surface area contributed by atoms with Crippen LogP contribution in [0.1, 0.15) is 26.3 Å². The van der Waals surface area contributed by atoms with Gasteiger partial charge in [0.15, 0.2) is 0 Å². The minimum atomic E-state index is 0.259. The van der Waals surface area contributed by atoms with Crippen molar-refractivity contribution in [3.05, 3.63) is 29.8 Å². The molecule has 1 aromatic rings. The third-order valence-corrected chi connectivity index (χ3v) is 3.15. The Balaban J connectivity index is 2.71. The van der Waals surface area contributed by atoms with E-state index in [0.717, 1.165) is 18.7 Å². The molecule has 2 heteroatoms. The average Bonchev–Trinajstić information content (AvgIpc) is 2.25. The van der Waals surface area contributed by atoms with Gasteiger partial charge in [0.25, 0.3) is 0 Å². The Labute approximate surface area is 98.8 Å². The molecule has 0 spiro atoms. The molecule has 0 amide bonds. The summed E-state index contributed by atoms with van der Waals surface area (Å²) in [6, 6.07) is 8.25. The van der Waals surface area contributed by atoms with Crippen LogP contribution < -0.4 is 10.5 Å². The van der Waals surface area contributed by atoms with E-state index in [1.807, 2.05) is 12.1 Å². The van der Waals surface area contributed by atoms with Gasteiger partial charge in [0.2, 0.25) is 0 Å². The highest BCUT2D eigenvalue weighted by atomic mass is 16.5. The van der Waals surface area contributed by atoms with Crippen LogP contribution in [0.2, 0.25) is 0 Å². The highest BCUT2D eigenvalue weighted by Gasteiger charge is 2.23. The minimum absolute atomic E-state index is 0.259. The topological polar surface area (TPSA) is 35.2 Å². The predicted molar refractivity (Wildman–Crippen MR) is 68.7 cm³/mol. The van der Waals surface area contributed by atoms with Crippen LogP contribution >= 0.6 is 0 Å². The van der Waals surface area contributed by atoms with Crippen molar-refractivity contribution in [2.45, 2.75) is 27.2 Å². The number of nitrogens with two attached hydrogens (primary N) is 1. The quantitative estimate of drug-likeness (QED) is 0.848. The van der Waals surface area contributed by atoms with Crippen LogP contribution in [0.15, 0.2) is 24.3 Å². The first-order chi connectivity index (χ1) is 7.47. The molecule has 0 heterocycles. The second-order valence-electron chi connectivity index (χ2n) is 5.35. The lowest BCUT2D eigenvalue weighted by Crippen LogP contribution is -2.29. The first-order valence-corrected chi connectivity index (χ1v) is 5.80. The Morgan fingerprint density at radius 3 is 2.12 bits per heavy atom. The molecule has 0 aliphatic heterocycles. The van der Waals surface area contributed by atoms with Crippen molar-refractivity contribution in [2.75, 3.05) is 13.7 Å². The van der Waals surface area contributed by atoms with Gasteiger partial charge in [-0.1, -0.05) is 32.9 Å². The normalized spacial score (nSPS) is 13.6. The van der Waals surface area contributed by atoms with Crippen molar-refractivity contribution < 1.29 is 4.74 Å². The SMILES string of the molecule is COc1ccc(CC(CN)C(C)(C)C)cc1. The Morgan fingerprint density at radius 2 is 1.75 bits per heavy atom. The highest BCUT2D eigenvalue weighted by molar-refractivity contribution is 5.27. The maximum atomic E-state index is 5.84. The molecule has 0 radical (unpaired) electrons. The summed E-state index contributed by atoms with van der Waals surface area (Å²) >= 11 is 0. The van der Waals surface area contributed by atoms with Crippen molar-refractivity contribution in [1.82, 2.24) is 0 Å². The molecule has 90 valence electrons. The van der Waals surface area contributed by atoms with E-state index in [0.29, 0.717) is 5.92 Å². The van der Waals surface area contributed by atoms with Crippen LogP contribution in [-0.4, -0.2) is 13.7 Å². The summed E-state index contributed by atoms with van der Waals surface area (Å²) in [6.07, 6.45) is 1.03. The molecule has 0 saturated heterocycles. The van der Waals surface area contributed by atoms with Gasteiger partial charge in [0.05, 0.1) is 7.11 Å². The van der Waals surface area contributed by atoms with Crippen molar-refractivity contribution in [2.24, 2.45) is 17.1 Å². The fraction of sp³-hybridized carbons (Fsp3) is 0.571. The van der Waals surface area contributed by atoms with Gasteiger partial charge in [-0.2, -0.15) is 0 Å². The van der Waals surface area contributed by atoms with E-state index in [2.05, 4.69) is 32.9 Å². The molecular formula is C14H23NO. The van der Waals surface area contributed by atoms with Gasteiger partial charge in [-0.25, -0.2) is 0 Å². The van der Waals surface area contributed by atoms with Crippen LogP contribution in [0.5, 0.6) is 5.75 Å². The number of hydrogen-bond donors (Lipinski definition) is 1. The number of methoxy groups -OCH3 is 1. The van der Waals surface area contributed by atoms with E-state index in [9.17, 15) is 0 Å². The van der Waals surface area contributed by atoms with Gasteiger partial charge in [0.1, 0.15) is 5.75 Å². The maximum Gasteiger partial charge on any atom is 0.118 e. The summed E-state index contributed by atoms with van der Waals surface area (Å²) in [7, 11) is 1.69. The molecule has 0 fully saturated rings. The number of benzene rings is 1. The predicted octanol–water partition coefficient (Wildman–Crippen LogP) is 2.86. The van der Waals surface area contributed by atoms with Crippen LogP contribution in [0, 0.1) is 11.3 Å². The first-order valence-electron chi connectivity index (χ1n) is 5.80. The molecule has 1 atom stereocenters. The maximum absolute atomic E-state index is 5.84. The van der Waals surface area contributed by atoms with E-state index in [1.165, 1.54) is 5.56 Å². The lowest BCUT2D eigenvalue weighted by molar-refractivity contribution is 0.246. The standard InChI is InChI=1S/C14H23NO/c1-14(2,3)12(10-15)9-11-5-7-13(16-4)8-6-11/h5-8,12H,9-10,15H2,1-4H3. The summed E-state index contributed by atoms with van der Waals surface area (Å²) in [5.74, 6) is 1.42. The van der Waals surface area contributed by atoms with Crippen molar-refractivity contribution >= 4 is 0 Å². The third kappa shape index (κ3) is 3.53. The molecule has 2 nitrogen and oxygen atoms in total. The molecule has 0 aromatic heterocycles. The Hall–Kier alpha value is -1.02. The molecular weight excluding hydrogens is 198 g/mol. The van der Waals surface area contributed by atoms with E-state index in [4.69, 9.17) is 10.5 Å². The highest BCUT2D eigenvalue weighted by Crippen LogP contribution is 2.28. The van der Waals surface area contributed by atoms with Crippen molar-refractivity contribution in [1.29, 1.82) is 0 Å². The summed E-state index contributed by atoms with van der Waals surface area (Å²) in [5.41, 5.74) is 7.42.